The molecule has 2 aromatic carbocycles. The summed E-state index contributed by atoms with van der Waals surface area (Å²) in [4.78, 5) is 0. The molecule has 0 fully saturated rings. The summed E-state index contributed by atoms with van der Waals surface area (Å²) >= 11 is 0. The van der Waals surface area contributed by atoms with Gasteiger partial charge in [0.05, 0.1) is 0 Å². The zero-order valence-corrected chi connectivity index (χ0v) is 11.4. The summed E-state index contributed by atoms with van der Waals surface area (Å²) < 4.78 is 19.1. The first-order valence-corrected chi connectivity index (χ1v) is 6.27. The van der Waals surface area contributed by atoms with E-state index in [0.717, 1.165) is 11.3 Å². The highest BCUT2D eigenvalue weighted by Gasteiger charge is 2.10. The molecule has 0 aliphatic carbocycles. The lowest BCUT2D eigenvalue weighted by Crippen LogP contribution is -2.07. The summed E-state index contributed by atoms with van der Waals surface area (Å²) in [6.07, 6.45) is 0. The van der Waals surface area contributed by atoms with Gasteiger partial charge in [-0.3, -0.25) is 0 Å². The summed E-state index contributed by atoms with van der Waals surface area (Å²) in [6, 6.07) is 9.99. The van der Waals surface area contributed by atoms with Gasteiger partial charge in [0, 0.05) is 11.6 Å². The number of rotatable bonds is 3. The molecule has 0 spiro atoms. The standard InChI is InChI=1S/C16H18FNO/c1-10-4-6-14(8-11(10)2)19-16-7-5-13(17)9-15(16)12(3)18/h4-9,12H,18H2,1-3H3/t12-/m1/s1. The van der Waals surface area contributed by atoms with Gasteiger partial charge in [0.1, 0.15) is 17.3 Å². The molecule has 2 aromatic rings. The van der Waals surface area contributed by atoms with Crippen LogP contribution in [0, 0.1) is 19.7 Å². The maximum absolute atomic E-state index is 13.3. The van der Waals surface area contributed by atoms with Crippen LogP contribution < -0.4 is 10.5 Å². The van der Waals surface area contributed by atoms with Gasteiger partial charge in [-0.15, -0.1) is 0 Å². The molecule has 100 valence electrons. The Morgan fingerprint density at radius 1 is 1.05 bits per heavy atom. The average molecular weight is 259 g/mol. The minimum Gasteiger partial charge on any atom is -0.457 e. The van der Waals surface area contributed by atoms with Crippen molar-refractivity contribution >= 4 is 0 Å². The van der Waals surface area contributed by atoms with E-state index in [9.17, 15) is 4.39 Å². The number of nitrogens with two attached hydrogens (primary N) is 1. The number of hydrogen-bond donors (Lipinski definition) is 1. The van der Waals surface area contributed by atoms with Crippen LogP contribution in [0.2, 0.25) is 0 Å². The van der Waals surface area contributed by atoms with Crippen molar-refractivity contribution in [1.29, 1.82) is 0 Å². The van der Waals surface area contributed by atoms with Crippen molar-refractivity contribution in [1.82, 2.24) is 0 Å². The first-order chi connectivity index (χ1) is 8.97. The van der Waals surface area contributed by atoms with Crippen LogP contribution >= 0.6 is 0 Å². The lowest BCUT2D eigenvalue weighted by Gasteiger charge is -2.14. The van der Waals surface area contributed by atoms with Gasteiger partial charge in [0.15, 0.2) is 0 Å². The molecule has 0 saturated carbocycles. The van der Waals surface area contributed by atoms with E-state index in [2.05, 4.69) is 0 Å². The fourth-order valence-corrected chi connectivity index (χ4v) is 1.87. The summed E-state index contributed by atoms with van der Waals surface area (Å²) in [6.45, 7) is 5.88. The van der Waals surface area contributed by atoms with E-state index < -0.39 is 0 Å². The number of ether oxygens (including phenoxy) is 1. The second kappa shape index (κ2) is 5.41. The molecule has 0 heterocycles. The molecule has 0 radical (unpaired) electrons. The summed E-state index contributed by atoms with van der Waals surface area (Å²) in [7, 11) is 0. The number of aryl methyl sites for hydroxylation is 2. The SMILES string of the molecule is Cc1ccc(Oc2ccc(F)cc2[C@@H](C)N)cc1C. The fourth-order valence-electron chi connectivity index (χ4n) is 1.87. The number of benzene rings is 2. The summed E-state index contributed by atoms with van der Waals surface area (Å²) in [5.74, 6) is 1.02. The van der Waals surface area contributed by atoms with Crippen LogP contribution in [0.1, 0.15) is 29.7 Å². The van der Waals surface area contributed by atoms with Gasteiger partial charge in [-0.25, -0.2) is 4.39 Å². The van der Waals surface area contributed by atoms with Crippen LogP contribution in [0.3, 0.4) is 0 Å². The molecule has 0 aliphatic rings. The average Bonchev–Trinajstić information content (AvgIpc) is 2.36. The van der Waals surface area contributed by atoms with E-state index in [0.29, 0.717) is 11.3 Å². The highest BCUT2D eigenvalue weighted by atomic mass is 19.1. The van der Waals surface area contributed by atoms with E-state index in [1.807, 2.05) is 39.0 Å². The van der Waals surface area contributed by atoms with Gasteiger partial charge < -0.3 is 10.5 Å². The Morgan fingerprint density at radius 2 is 1.79 bits per heavy atom. The van der Waals surface area contributed by atoms with Gasteiger partial charge in [0.2, 0.25) is 0 Å². The second-order valence-electron chi connectivity index (χ2n) is 4.82. The number of hydrogen-bond acceptors (Lipinski definition) is 2. The lowest BCUT2D eigenvalue weighted by atomic mass is 10.1. The predicted octanol–water partition coefficient (Wildman–Crippen LogP) is 4.25. The molecule has 0 aromatic heterocycles. The summed E-state index contributed by atoms with van der Waals surface area (Å²) in [5.41, 5.74) is 8.87. The maximum atomic E-state index is 13.3. The minimum absolute atomic E-state index is 0.280. The van der Waals surface area contributed by atoms with Gasteiger partial charge in [-0.05, 0) is 62.2 Å². The van der Waals surface area contributed by atoms with E-state index in [1.54, 1.807) is 6.07 Å². The first kappa shape index (κ1) is 13.6. The van der Waals surface area contributed by atoms with Gasteiger partial charge in [-0.1, -0.05) is 6.07 Å². The van der Waals surface area contributed by atoms with Gasteiger partial charge in [0.25, 0.3) is 0 Å². The predicted molar refractivity (Wildman–Crippen MR) is 75.0 cm³/mol. The normalized spacial score (nSPS) is 12.3. The Kier molecular flexibility index (Phi) is 3.86. The third-order valence-electron chi connectivity index (χ3n) is 3.17. The molecular weight excluding hydrogens is 241 g/mol. The van der Waals surface area contributed by atoms with E-state index in [4.69, 9.17) is 10.5 Å². The van der Waals surface area contributed by atoms with Crippen LogP contribution in [-0.2, 0) is 0 Å². The fraction of sp³-hybridized carbons (Fsp3) is 0.250. The molecule has 0 aliphatic heterocycles. The maximum Gasteiger partial charge on any atom is 0.132 e. The quantitative estimate of drug-likeness (QED) is 0.894. The molecule has 0 bridgehead atoms. The van der Waals surface area contributed by atoms with Crippen molar-refractivity contribution in [2.75, 3.05) is 0 Å². The highest BCUT2D eigenvalue weighted by molar-refractivity contribution is 5.41. The van der Waals surface area contributed by atoms with Crippen molar-refractivity contribution in [3.8, 4) is 11.5 Å². The van der Waals surface area contributed by atoms with Crippen LogP contribution in [0.4, 0.5) is 4.39 Å². The molecule has 0 amide bonds. The van der Waals surface area contributed by atoms with Crippen LogP contribution in [0.15, 0.2) is 36.4 Å². The molecule has 0 unspecified atom stereocenters. The molecule has 1 atom stereocenters. The van der Waals surface area contributed by atoms with Crippen LogP contribution in [0.5, 0.6) is 11.5 Å². The largest absolute Gasteiger partial charge is 0.457 e. The third-order valence-corrected chi connectivity index (χ3v) is 3.17. The van der Waals surface area contributed by atoms with Crippen molar-refractivity contribution in [3.05, 3.63) is 58.9 Å². The lowest BCUT2D eigenvalue weighted by molar-refractivity contribution is 0.468. The number of halogens is 1. The Labute approximate surface area is 113 Å². The van der Waals surface area contributed by atoms with Crippen molar-refractivity contribution < 1.29 is 9.13 Å². The zero-order valence-electron chi connectivity index (χ0n) is 11.4. The molecule has 19 heavy (non-hydrogen) atoms. The van der Waals surface area contributed by atoms with E-state index >= 15 is 0 Å². The molecule has 2 N–H and O–H groups in total. The Bertz CT molecular complexity index is 593. The van der Waals surface area contributed by atoms with E-state index in [1.165, 1.54) is 17.7 Å². The Hall–Kier alpha value is -1.87. The Morgan fingerprint density at radius 3 is 2.42 bits per heavy atom. The third kappa shape index (κ3) is 3.12. The topological polar surface area (TPSA) is 35.2 Å². The molecular formula is C16H18FNO. The molecule has 0 saturated heterocycles. The highest BCUT2D eigenvalue weighted by Crippen LogP contribution is 2.30. The minimum atomic E-state index is -0.306. The van der Waals surface area contributed by atoms with Crippen LogP contribution in [0.25, 0.3) is 0 Å². The Balaban J connectivity index is 2.35. The van der Waals surface area contributed by atoms with Crippen molar-refractivity contribution in [2.45, 2.75) is 26.8 Å². The molecule has 3 heteroatoms. The van der Waals surface area contributed by atoms with Crippen molar-refractivity contribution in [3.63, 3.8) is 0 Å². The first-order valence-electron chi connectivity index (χ1n) is 6.27. The van der Waals surface area contributed by atoms with Gasteiger partial charge >= 0.3 is 0 Å². The van der Waals surface area contributed by atoms with Crippen LogP contribution in [-0.4, -0.2) is 0 Å². The molecule has 2 nitrogen and oxygen atoms in total. The second-order valence-corrected chi connectivity index (χ2v) is 4.82. The summed E-state index contributed by atoms with van der Waals surface area (Å²) in [5, 5.41) is 0. The molecule has 2 rings (SSSR count). The zero-order chi connectivity index (χ0) is 14.0. The van der Waals surface area contributed by atoms with Gasteiger partial charge in [-0.2, -0.15) is 0 Å². The smallest absolute Gasteiger partial charge is 0.132 e. The van der Waals surface area contributed by atoms with Crippen molar-refractivity contribution in [2.24, 2.45) is 5.73 Å². The monoisotopic (exact) mass is 259 g/mol. The van der Waals surface area contributed by atoms with E-state index in [-0.39, 0.29) is 11.9 Å².